The second kappa shape index (κ2) is 4.79. The molecular weight excluding hydrogens is 202 g/mol. The van der Waals surface area contributed by atoms with Crippen molar-refractivity contribution in [3.05, 3.63) is 30.2 Å². The number of hydrogen-bond acceptors (Lipinski definition) is 4. The Morgan fingerprint density at radius 2 is 1.94 bits per heavy atom. The summed E-state index contributed by atoms with van der Waals surface area (Å²) in [7, 11) is 0. The van der Waals surface area contributed by atoms with E-state index in [1.165, 1.54) is 0 Å². The van der Waals surface area contributed by atoms with Crippen molar-refractivity contribution in [1.29, 1.82) is 0 Å². The Kier molecular flexibility index (Phi) is 3.19. The molecule has 2 rings (SSSR count). The molecule has 1 aromatic heterocycles. The van der Waals surface area contributed by atoms with Crippen LogP contribution in [0.2, 0.25) is 0 Å². The fourth-order valence-corrected chi connectivity index (χ4v) is 1.42. The Morgan fingerprint density at radius 1 is 1.19 bits per heavy atom. The van der Waals surface area contributed by atoms with Crippen molar-refractivity contribution < 1.29 is 4.42 Å². The van der Waals surface area contributed by atoms with E-state index in [-0.39, 0.29) is 0 Å². The van der Waals surface area contributed by atoms with E-state index in [1.54, 1.807) is 0 Å². The molecule has 0 saturated heterocycles. The largest absolute Gasteiger partial charge is 0.421 e. The van der Waals surface area contributed by atoms with E-state index in [0.29, 0.717) is 11.8 Å². The molecular formula is C12H15N3O. The zero-order chi connectivity index (χ0) is 11.4. The molecule has 0 aliphatic heterocycles. The number of rotatable bonds is 4. The Morgan fingerprint density at radius 3 is 2.62 bits per heavy atom. The predicted octanol–water partition coefficient (Wildman–Crippen LogP) is 2.66. The molecule has 16 heavy (non-hydrogen) atoms. The predicted molar refractivity (Wildman–Crippen MR) is 62.8 cm³/mol. The lowest BCUT2D eigenvalue weighted by molar-refractivity contribution is 0.496. The fourth-order valence-electron chi connectivity index (χ4n) is 1.42. The minimum atomic E-state index is 0.561. The Labute approximate surface area is 94.5 Å². The van der Waals surface area contributed by atoms with E-state index < -0.39 is 0 Å². The first-order valence-corrected chi connectivity index (χ1v) is 5.48. The van der Waals surface area contributed by atoms with Crippen LogP contribution in [0.15, 0.2) is 28.7 Å². The zero-order valence-corrected chi connectivity index (χ0v) is 9.31. The van der Waals surface area contributed by atoms with E-state index >= 15 is 0 Å². The lowest BCUT2D eigenvalue weighted by atomic mass is 10.2. The number of unbranched alkanes of at least 4 members (excludes halogenated alkanes) is 1. The number of aromatic nitrogens is 2. The number of hydrogen-bond donors (Lipinski definition) is 1. The highest BCUT2D eigenvalue weighted by atomic mass is 16.4. The first kappa shape index (κ1) is 10.7. The molecule has 0 amide bonds. The number of nitrogens with two attached hydrogens (primary N) is 1. The molecule has 0 saturated carbocycles. The molecule has 1 aromatic carbocycles. The SMILES string of the molecule is CCCCc1nnc(-c2ccc(N)cc2)o1. The molecule has 1 heterocycles. The minimum Gasteiger partial charge on any atom is -0.421 e. The molecule has 2 aromatic rings. The molecule has 2 N–H and O–H groups in total. The minimum absolute atomic E-state index is 0.561. The summed E-state index contributed by atoms with van der Waals surface area (Å²) in [5.74, 6) is 1.26. The van der Waals surface area contributed by atoms with Gasteiger partial charge in [-0.3, -0.25) is 0 Å². The number of anilines is 1. The maximum absolute atomic E-state index is 5.61. The Balaban J connectivity index is 2.15. The highest BCUT2D eigenvalue weighted by molar-refractivity contribution is 5.56. The van der Waals surface area contributed by atoms with Crippen molar-refractivity contribution in [3.63, 3.8) is 0 Å². The summed E-state index contributed by atoms with van der Waals surface area (Å²) in [6, 6.07) is 7.41. The molecule has 84 valence electrons. The number of nitrogen functional groups attached to an aromatic ring is 1. The van der Waals surface area contributed by atoms with Crippen molar-refractivity contribution in [2.75, 3.05) is 5.73 Å². The molecule has 4 heteroatoms. The molecule has 0 bridgehead atoms. The van der Waals surface area contributed by atoms with Crippen LogP contribution in [0.3, 0.4) is 0 Å². The van der Waals surface area contributed by atoms with Gasteiger partial charge in [0.05, 0.1) is 0 Å². The van der Waals surface area contributed by atoms with Crippen LogP contribution in [0.25, 0.3) is 11.5 Å². The van der Waals surface area contributed by atoms with Crippen LogP contribution in [0, 0.1) is 0 Å². The van der Waals surface area contributed by atoms with Gasteiger partial charge in [-0.2, -0.15) is 0 Å². The van der Waals surface area contributed by atoms with Crippen molar-refractivity contribution in [1.82, 2.24) is 10.2 Å². The lowest BCUT2D eigenvalue weighted by Gasteiger charge is -1.95. The second-order valence-electron chi connectivity index (χ2n) is 3.73. The van der Waals surface area contributed by atoms with Gasteiger partial charge < -0.3 is 10.2 Å². The third kappa shape index (κ3) is 2.39. The Hall–Kier alpha value is -1.84. The van der Waals surface area contributed by atoms with E-state index in [9.17, 15) is 0 Å². The molecule has 4 nitrogen and oxygen atoms in total. The average Bonchev–Trinajstić information content (AvgIpc) is 2.76. The quantitative estimate of drug-likeness (QED) is 0.799. The number of nitrogens with zero attached hydrogens (tertiary/aromatic N) is 2. The maximum atomic E-state index is 5.61. The van der Waals surface area contributed by atoms with E-state index in [2.05, 4.69) is 17.1 Å². The second-order valence-corrected chi connectivity index (χ2v) is 3.73. The van der Waals surface area contributed by atoms with Crippen molar-refractivity contribution in [2.24, 2.45) is 0 Å². The van der Waals surface area contributed by atoms with Crippen LogP contribution < -0.4 is 5.73 Å². The maximum Gasteiger partial charge on any atom is 0.247 e. The van der Waals surface area contributed by atoms with Gasteiger partial charge >= 0.3 is 0 Å². The van der Waals surface area contributed by atoms with E-state index in [1.807, 2.05) is 24.3 Å². The normalized spacial score (nSPS) is 10.6. The van der Waals surface area contributed by atoms with Crippen LogP contribution >= 0.6 is 0 Å². The van der Waals surface area contributed by atoms with Crippen LogP contribution in [-0.4, -0.2) is 10.2 Å². The Bertz CT molecular complexity index is 448. The van der Waals surface area contributed by atoms with Gasteiger partial charge in [0.25, 0.3) is 0 Å². The van der Waals surface area contributed by atoms with Crippen LogP contribution in [0.5, 0.6) is 0 Å². The summed E-state index contributed by atoms with van der Waals surface area (Å²) in [6.45, 7) is 2.14. The van der Waals surface area contributed by atoms with Gasteiger partial charge in [0.15, 0.2) is 0 Å². The molecule has 0 unspecified atom stereocenters. The van der Waals surface area contributed by atoms with Gasteiger partial charge in [-0.05, 0) is 30.7 Å². The first-order chi connectivity index (χ1) is 7.79. The van der Waals surface area contributed by atoms with Crippen LogP contribution in [0.1, 0.15) is 25.7 Å². The van der Waals surface area contributed by atoms with Crippen molar-refractivity contribution in [3.8, 4) is 11.5 Å². The summed E-state index contributed by atoms with van der Waals surface area (Å²) in [6.07, 6.45) is 3.04. The third-order valence-corrected chi connectivity index (χ3v) is 2.37. The van der Waals surface area contributed by atoms with Crippen LogP contribution in [0.4, 0.5) is 5.69 Å². The summed E-state index contributed by atoms with van der Waals surface area (Å²) < 4.78 is 5.55. The highest BCUT2D eigenvalue weighted by Gasteiger charge is 2.07. The fraction of sp³-hybridized carbons (Fsp3) is 0.333. The van der Waals surface area contributed by atoms with Gasteiger partial charge in [-0.25, -0.2) is 0 Å². The molecule has 0 spiro atoms. The van der Waals surface area contributed by atoms with Gasteiger partial charge in [-0.15, -0.1) is 10.2 Å². The monoisotopic (exact) mass is 217 g/mol. The third-order valence-electron chi connectivity index (χ3n) is 2.37. The van der Waals surface area contributed by atoms with Crippen LogP contribution in [-0.2, 0) is 6.42 Å². The smallest absolute Gasteiger partial charge is 0.247 e. The average molecular weight is 217 g/mol. The van der Waals surface area contributed by atoms with Crippen molar-refractivity contribution in [2.45, 2.75) is 26.2 Å². The topological polar surface area (TPSA) is 64.9 Å². The first-order valence-electron chi connectivity index (χ1n) is 5.48. The van der Waals surface area contributed by atoms with Gasteiger partial charge in [-0.1, -0.05) is 13.3 Å². The zero-order valence-electron chi connectivity index (χ0n) is 9.31. The van der Waals surface area contributed by atoms with Crippen molar-refractivity contribution >= 4 is 5.69 Å². The molecule has 0 aliphatic carbocycles. The summed E-state index contributed by atoms with van der Waals surface area (Å²) in [5.41, 5.74) is 7.25. The van der Waals surface area contributed by atoms with E-state index in [4.69, 9.17) is 10.2 Å². The summed E-state index contributed by atoms with van der Waals surface area (Å²) >= 11 is 0. The standard InChI is InChI=1S/C12H15N3O/c1-2-3-4-11-14-15-12(16-11)9-5-7-10(13)8-6-9/h5-8H,2-4,13H2,1H3. The highest BCUT2D eigenvalue weighted by Crippen LogP contribution is 2.19. The van der Waals surface area contributed by atoms with Gasteiger partial charge in [0, 0.05) is 17.7 Å². The van der Waals surface area contributed by atoms with Gasteiger partial charge in [0.2, 0.25) is 11.8 Å². The number of aryl methyl sites for hydroxylation is 1. The van der Waals surface area contributed by atoms with E-state index in [0.717, 1.165) is 30.5 Å². The lowest BCUT2D eigenvalue weighted by Crippen LogP contribution is -1.83. The van der Waals surface area contributed by atoms with Gasteiger partial charge in [0.1, 0.15) is 0 Å². The molecule has 0 fully saturated rings. The molecule has 0 radical (unpaired) electrons. The summed E-state index contributed by atoms with van der Waals surface area (Å²) in [5, 5.41) is 8.02. The molecule has 0 atom stereocenters. The molecule has 0 aliphatic rings. The number of benzene rings is 1. The summed E-state index contributed by atoms with van der Waals surface area (Å²) in [4.78, 5) is 0.